The van der Waals surface area contributed by atoms with Gasteiger partial charge in [-0.2, -0.15) is 13.2 Å². The highest BCUT2D eigenvalue weighted by Crippen LogP contribution is 2.41. The zero-order valence-corrected chi connectivity index (χ0v) is 16.8. The third-order valence-corrected chi connectivity index (χ3v) is 6.50. The van der Waals surface area contributed by atoms with E-state index in [0.29, 0.717) is 49.1 Å². The van der Waals surface area contributed by atoms with E-state index in [4.69, 9.17) is 5.73 Å². The molecule has 0 aliphatic heterocycles. The molecule has 2 heterocycles. The van der Waals surface area contributed by atoms with E-state index < -0.39 is 30.4 Å². The summed E-state index contributed by atoms with van der Waals surface area (Å²) in [6, 6.07) is 0. The first-order chi connectivity index (χ1) is 13.1. The van der Waals surface area contributed by atoms with Gasteiger partial charge in [0.15, 0.2) is 0 Å². The lowest BCUT2D eigenvalue weighted by atomic mass is 10.1. The number of nitrogens with two attached hydrogens (primary N) is 1. The van der Waals surface area contributed by atoms with Gasteiger partial charge in [-0.05, 0) is 31.7 Å². The summed E-state index contributed by atoms with van der Waals surface area (Å²) in [4.78, 5) is 27.4. The summed E-state index contributed by atoms with van der Waals surface area (Å²) in [5, 5.41) is 3.54. The number of thiophene rings is 1. The fraction of sp³-hybridized carbons (Fsp3) is 0.667. The average Bonchev–Trinajstić information content (AvgIpc) is 3.22. The molecule has 0 atom stereocenters. The quantitative estimate of drug-likeness (QED) is 0.645. The van der Waals surface area contributed by atoms with Crippen molar-refractivity contribution in [2.24, 2.45) is 5.73 Å². The lowest BCUT2D eigenvalue weighted by Crippen LogP contribution is -2.45. The minimum Gasteiger partial charge on any atom is -0.329 e. The van der Waals surface area contributed by atoms with Crippen molar-refractivity contribution < 1.29 is 13.2 Å². The van der Waals surface area contributed by atoms with Crippen LogP contribution >= 0.6 is 11.3 Å². The summed E-state index contributed by atoms with van der Waals surface area (Å²) < 4.78 is 40.9. The fourth-order valence-corrected chi connectivity index (χ4v) is 4.82. The van der Waals surface area contributed by atoms with E-state index in [1.165, 1.54) is 15.9 Å². The molecule has 0 unspecified atom stereocenters. The normalized spacial score (nSPS) is 16.1. The molecule has 2 aromatic rings. The Morgan fingerprint density at radius 3 is 2.50 bits per heavy atom. The van der Waals surface area contributed by atoms with Gasteiger partial charge in [0.05, 0.1) is 17.3 Å². The van der Waals surface area contributed by atoms with Gasteiger partial charge in [0.2, 0.25) is 0 Å². The standard InChI is InChI=1S/C18H25F3N4O2S/c1-3-11-12(10-23-8-7-22)28-15-13(11)14(26)25(17(2)4-5-17)16(27)24(15)9-6-18(19,20)21/h23H,3-10,22H2,1-2H3. The number of nitrogens with zero attached hydrogens (tertiary/aromatic N) is 2. The Balaban J connectivity index is 2.23. The lowest BCUT2D eigenvalue weighted by molar-refractivity contribution is -0.136. The smallest absolute Gasteiger partial charge is 0.329 e. The average molecular weight is 418 g/mol. The van der Waals surface area contributed by atoms with E-state index in [1.54, 1.807) is 6.92 Å². The largest absolute Gasteiger partial charge is 0.390 e. The predicted octanol–water partition coefficient (Wildman–Crippen LogP) is 2.30. The highest BCUT2D eigenvalue weighted by molar-refractivity contribution is 7.18. The Morgan fingerprint density at radius 2 is 1.96 bits per heavy atom. The van der Waals surface area contributed by atoms with Gasteiger partial charge in [-0.15, -0.1) is 11.3 Å². The van der Waals surface area contributed by atoms with Crippen LogP contribution in [0.4, 0.5) is 13.2 Å². The molecule has 28 heavy (non-hydrogen) atoms. The molecule has 1 fully saturated rings. The van der Waals surface area contributed by atoms with E-state index in [0.717, 1.165) is 15.0 Å². The molecule has 6 nitrogen and oxygen atoms in total. The van der Waals surface area contributed by atoms with E-state index in [2.05, 4.69) is 5.32 Å². The molecule has 1 aliphatic carbocycles. The van der Waals surface area contributed by atoms with Gasteiger partial charge in [-0.3, -0.25) is 13.9 Å². The maximum atomic E-state index is 13.2. The van der Waals surface area contributed by atoms with Crippen molar-refractivity contribution in [1.82, 2.24) is 14.5 Å². The van der Waals surface area contributed by atoms with Gasteiger partial charge in [-0.25, -0.2) is 4.79 Å². The number of hydrogen-bond donors (Lipinski definition) is 2. The van der Waals surface area contributed by atoms with Crippen LogP contribution in [-0.2, 0) is 25.0 Å². The molecule has 1 aliphatic rings. The van der Waals surface area contributed by atoms with Crippen molar-refractivity contribution in [2.45, 2.75) is 64.3 Å². The first kappa shape index (κ1) is 21.1. The highest BCUT2D eigenvalue weighted by atomic mass is 32.1. The number of halogens is 3. The lowest BCUT2D eigenvalue weighted by Gasteiger charge is -2.17. The van der Waals surface area contributed by atoms with E-state index >= 15 is 0 Å². The van der Waals surface area contributed by atoms with Crippen molar-refractivity contribution in [1.29, 1.82) is 0 Å². The van der Waals surface area contributed by atoms with Crippen molar-refractivity contribution in [3.8, 4) is 0 Å². The van der Waals surface area contributed by atoms with Crippen LogP contribution in [0.2, 0.25) is 0 Å². The monoisotopic (exact) mass is 418 g/mol. The molecule has 0 aromatic carbocycles. The SMILES string of the molecule is CCc1c(CNCCN)sc2c1c(=O)n(C1(C)CC1)c(=O)n2CCC(F)(F)F. The van der Waals surface area contributed by atoms with Gasteiger partial charge in [0.1, 0.15) is 4.83 Å². The van der Waals surface area contributed by atoms with Crippen LogP contribution in [0.25, 0.3) is 10.2 Å². The van der Waals surface area contributed by atoms with E-state index in [1.807, 2.05) is 6.92 Å². The number of nitrogens with one attached hydrogen (secondary N) is 1. The maximum absolute atomic E-state index is 13.2. The van der Waals surface area contributed by atoms with Crippen molar-refractivity contribution >= 4 is 21.6 Å². The molecule has 10 heteroatoms. The Hall–Kier alpha value is -1.65. The molecule has 0 spiro atoms. The second-order valence-corrected chi connectivity index (χ2v) is 8.52. The van der Waals surface area contributed by atoms with E-state index in [9.17, 15) is 22.8 Å². The number of rotatable bonds is 8. The second kappa shape index (κ2) is 7.64. The molecule has 156 valence electrons. The van der Waals surface area contributed by atoms with Crippen LogP contribution in [0.1, 0.15) is 43.6 Å². The van der Waals surface area contributed by atoms with Crippen molar-refractivity contribution in [3.63, 3.8) is 0 Å². The molecule has 3 rings (SSSR count). The van der Waals surface area contributed by atoms with Crippen LogP contribution in [-0.4, -0.2) is 28.4 Å². The third kappa shape index (κ3) is 3.90. The van der Waals surface area contributed by atoms with Crippen LogP contribution in [0.3, 0.4) is 0 Å². The molecule has 0 saturated heterocycles. The molecule has 2 aromatic heterocycles. The minimum absolute atomic E-state index is 0.334. The van der Waals surface area contributed by atoms with Gasteiger partial charge in [0, 0.05) is 31.1 Å². The Labute approximate surface area is 164 Å². The van der Waals surface area contributed by atoms with Crippen molar-refractivity contribution in [3.05, 3.63) is 31.3 Å². The predicted molar refractivity (Wildman–Crippen MR) is 104 cm³/mol. The molecular formula is C18H25F3N4O2S. The first-order valence-electron chi connectivity index (χ1n) is 9.41. The van der Waals surface area contributed by atoms with Gasteiger partial charge >= 0.3 is 11.9 Å². The molecular weight excluding hydrogens is 393 g/mol. The van der Waals surface area contributed by atoms with Crippen LogP contribution in [0.5, 0.6) is 0 Å². The topological polar surface area (TPSA) is 82.1 Å². The molecule has 3 N–H and O–H groups in total. The summed E-state index contributed by atoms with van der Waals surface area (Å²) in [5.74, 6) is 0. The molecule has 0 radical (unpaired) electrons. The van der Waals surface area contributed by atoms with Crippen LogP contribution < -0.4 is 22.3 Å². The number of hydrogen-bond acceptors (Lipinski definition) is 5. The van der Waals surface area contributed by atoms with Gasteiger partial charge in [-0.1, -0.05) is 6.92 Å². The number of aromatic nitrogens is 2. The maximum Gasteiger partial charge on any atom is 0.390 e. The number of aryl methyl sites for hydroxylation is 2. The Bertz CT molecular complexity index is 986. The van der Waals surface area contributed by atoms with Crippen LogP contribution in [0, 0.1) is 0 Å². The summed E-state index contributed by atoms with van der Waals surface area (Å²) in [6.07, 6.45) is -3.60. The molecule has 0 bridgehead atoms. The Morgan fingerprint density at radius 1 is 1.29 bits per heavy atom. The zero-order valence-electron chi connectivity index (χ0n) is 16.0. The summed E-state index contributed by atoms with van der Waals surface area (Å²) in [5.41, 5.74) is 4.66. The van der Waals surface area contributed by atoms with Gasteiger partial charge < -0.3 is 11.1 Å². The molecule has 1 saturated carbocycles. The first-order valence-corrected chi connectivity index (χ1v) is 10.2. The summed E-state index contributed by atoms with van der Waals surface area (Å²) >= 11 is 1.22. The zero-order chi connectivity index (χ0) is 20.7. The van der Waals surface area contributed by atoms with E-state index in [-0.39, 0.29) is 5.56 Å². The van der Waals surface area contributed by atoms with Crippen molar-refractivity contribution in [2.75, 3.05) is 13.1 Å². The highest BCUT2D eigenvalue weighted by Gasteiger charge is 2.43. The third-order valence-electron chi connectivity index (χ3n) is 5.25. The number of alkyl halides is 3. The summed E-state index contributed by atoms with van der Waals surface area (Å²) in [6.45, 7) is 4.71. The number of fused-ring (bicyclic) bond motifs is 1. The van der Waals surface area contributed by atoms with Crippen LogP contribution in [0.15, 0.2) is 9.59 Å². The molecule has 0 amide bonds. The minimum atomic E-state index is -4.38. The second-order valence-electron chi connectivity index (χ2n) is 7.44. The van der Waals surface area contributed by atoms with Gasteiger partial charge in [0.25, 0.3) is 5.56 Å². The fourth-order valence-electron chi connectivity index (χ4n) is 3.45. The summed E-state index contributed by atoms with van der Waals surface area (Å²) in [7, 11) is 0. The Kier molecular flexibility index (Phi) is 5.75.